The van der Waals surface area contributed by atoms with Gasteiger partial charge < -0.3 is 10.2 Å². The van der Waals surface area contributed by atoms with Crippen LogP contribution in [0.4, 0.5) is 5.69 Å². The van der Waals surface area contributed by atoms with Gasteiger partial charge in [-0.15, -0.1) is 0 Å². The van der Waals surface area contributed by atoms with Crippen molar-refractivity contribution in [1.29, 1.82) is 0 Å². The van der Waals surface area contributed by atoms with Gasteiger partial charge in [0, 0.05) is 37.6 Å². The fraction of sp³-hybridized carbons (Fsp3) is 0.429. The minimum atomic E-state index is -0.192. The lowest BCUT2D eigenvalue weighted by molar-refractivity contribution is -0.116. The normalized spacial score (nSPS) is 10.7. The Labute approximate surface area is 161 Å². The molecule has 0 unspecified atom stereocenters. The van der Waals surface area contributed by atoms with E-state index in [0.29, 0.717) is 24.7 Å². The van der Waals surface area contributed by atoms with Gasteiger partial charge >= 0.3 is 0 Å². The van der Waals surface area contributed by atoms with E-state index in [0.717, 1.165) is 17.7 Å². The van der Waals surface area contributed by atoms with Crippen molar-refractivity contribution in [3.63, 3.8) is 0 Å². The largest absolute Gasteiger partial charge is 0.337 e. The standard InChI is InChI=1S/C21H28N4O2/c1-15(2)7-11-25(21(27)19-14-22-9-10-23-19)12-8-20(26)24-18-6-5-16(3)17(4)13-18/h5-6,9-10,13-15H,7-8,11-12H2,1-4H3,(H,24,26). The van der Waals surface area contributed by atoms with E-state index in [1.165, 1.54) is 24.2 Å². The first-order valence-electron chi connectivity index (χ1n) is 9.29. The van der Waals surface area contributed by atoms with Crippen LogP contribution in [0, 0.1) is 19.8 Å². The molecule has 0 aliphatic heterocycles. The van der Waals surface area contributed by atoms with Crippen LogP contribution < -0.4 is 5.32 Å². The first-order chi connectivity index (χ1) is 12.9. The maximum Gasteiger partial charge on any atom is 0.274 e. The summed E-state index contributed by atoms with van der Waals surface area (Å²) in [5.74, 6) is 0.161. The molecular weight excluding hydrogens is 340 g/mol. The van der Waals surface area contributed by atoms with E-state index >= 15 is 0 Å². The summed E-state index contributed by atoms with van der Waals surface area (Å²) in [7, 11) is 0. The molecule has 1 aromatic heterocycles. The number of aromatic nitrogens is 2. The number of carbonyl (C=O) groups is 2. The Morgan fingerprint density at radius 3 is 2.52 bits per heavy atom. The Balaban J connectivity index is 1.98. The smallest absolute Gasteiger partial charge is 0.274 e. The maximum atomic E-state index is 12.7. The number of hydrogen-bond donors (Lipinski definition) is 1. The van der Waals surface area contributed by atoms with Gasteiger partial charge in [0.05, 0.1) is 6.20 Å². The van der Waals surface area contributed by atoms with E-state index < -0.39 is 0 Å². The van der Waals surface area contributed by atoms with Crippen LogP contribution >= 0.6 is 0 Å². The fourth-order valence-corrected chi connectivity index (χ4v) is 2.58. The summed E-state index contributed by atoms with van der Waals surface area (Å²) < 4.78 is 0. The van der Waals surface area contributed by atoms with Gasteiger partial charge in [-0.3, -0.25) is 14.6 Å². The quantitative estimate of drug-likeness (QED) is 0.772. The molecule has 0 saturated heterocycles. The molecule has 0 fully saturated rings. The topological polar surface area (TPSA) is 75.2 Å². The zero-order chi connectivity index (χ0) is 19.8. The molecule has 6 heteroatoms. The number of anilines is 1. The molecule has 0 bridgehead atoms. The van der Waals surface area contributed by atoms with Crippen molar-refractivity contribution in [2.24, 2.45) is 5.92 Å². The molecule has 1 aromatic carbocycles. The van der Waals surface area contributed by atoms with Gasteiger partial charge in [0.2, 0.25) is 5.91 Å². The first-order valence-corrected chi connectivity index (χ1v) is 9.29. The Bertz CT molecular complexity index is 775. The van der Waals surface area contributed by atoms with Gasteiger partial charge in [0.25, 0.3) is 5.91 Å². The summed E-state index contributed by atoms with van der Waals surface area (Å²) in [6, 6.07) is 5.83. The number of nitrogens with zero attached hydrogens (tertiary/aromatic N) is 3. The van der Waals surface area contributed by atoms with E-state index in [2.05, 4.69) is 29.1 Å². The van der Waals surface area contributed by atoms with Crippen LogP contribution in [-0.4, -0.2) is 39.8 Å². The summed E-state index contributed by atoms with van der Waals surface area (Å²) in [5.41, 5.74) is 3.39. The van der Waals surface area contributed by atoms with Crippen LogP contribution in [0.2, 0.25) is 0 Å². The Hall–Kier alpha value is -2.76. The highest BCUT2D eigenvalue weighted by molar-refractivity contribution is 5.93. The van der Waals surface area contributed by atoms with E-state index in [9.17, 15) is 9.59 Å². The Morgan fingerprint density at radius 2 is 1.89 bits per heavy atom. The molecule has 144 valence electrons. The van der Waals surface area contributed by atoms with Crippen molar-refractivity contribution in [1.82, 2.24) is 14.9 Å². The van der Waals surface area contributed by atoms with Crippen molar-refractivity contribution < 1.29 is 9.59 Å². The highest BCUT2D eigenvalue weighted by Gasteiger charge is 2.18. The summed E-state index contributed by atoms with van der Waals surface area (Å²) in [6.45, 7) is 9.20. The predicted octanol–water partition coefficient (Wildman–Crippen LogP) is 3.61. The Kier molecular flexibility index (Phi) is 7.46. The number of aryl methyl sites for hydroxylation is 2. The molecular formula is C21H28N4O2. The van der Waals surface area contributed by atoms with Crippen molar-refractivity contribution in [3.05, 3.63) is 53.6 Å². The zero-order valence-electron chi connectivity index (χ0n) is 16.5. The van der Waals surface area contributed by atoms with Crippen molar-refractivity contribution >= 4 is 17.5 Å². The summed E-state index contributed by atoms with van der Waals surface area (Å²) in [5, 5.41) is 2.90. The second-order valence-electron chi connectivity index (χ2n) is 7.16. The number of rotatable bonds is 8. The summed E-state index contributed by atoms with van der Waals surface area (Å²) >= 11 is 0. The van der Waals surface area contributed by atoms with Crippen LogP contribution in [-0.2, 0) is 4.79 Å². The van der Waals surface area contributed by atoms with Crippen LogP contribution in [0.5, 0.6) is 0 Å². The third-order valence-corrected chi connectivity index (χ3v) is 4.45. The summed E-state index contributed by atoms with van der Waals surface area (Å²) in [4.78, 5) is 34.8. The molecule has 0 atom stereocenters. The van der Waals surface area contributed by atoms with E-state index in [1.807, 2.05) is 32.0 Å². The zero-order valence-corrected chi connectivity index (χ0v) is 16.5. The van der Waals surface area contributed by atoms with Crippen LogP contribution in [0.25, 0.3) is 0 Å². The number of benzene rings is 1. The van der Waals surface area contributed by atoms with E-state index in [1.54, 1.807) is 4.90 Å². The van der Waals surface area contributed by atoms with Crippen LogP contribution in [0.1, 0.15) is 48.3 Å². The molecule has 2 amide bonds. The molecule has 0 aliphatic rings. The molecule has 0 saturated carbocycles. The second kappa shape index (κ2) is 9.80. The molecule has 2 aromatic rings. The van der Waals surface area contributed by atoms with Gasteiger partial charge in [-0.1, -0.05) is 19.9 Å². The van der Waals surface area contributed by atoms with Crippen molar-refractivity contribution in [3.8, 4) is 0 Å². The number of nitrogens with one attached hydrogen (secondary N) is 1. The molecule has 6 nitrogen and oxygen atoms in total. The van der Waals surface area contributed by atoms with E-state index in [-0.39, 0.29) is 18.2 Å². The van der Waals surface area contributed by atoms with Gasteiger partial charge in [-0.2, -0.15) is 0 Å². The van der Waals surface area contributed by atoms with Gasteiger partial charge in [-0.25, -0.2) is 4.98 Å². The maximum absolute atomic E-state index is 12.7. The second-order valence-corrected chi connectivity index (χ2v) is 7.16. The third kappa shape index (κ3) is 6.47. The SMILES string of the molecule is Cc1ccc(NC(=O)CCN(CCC(C)C)C(=O)c2cnccn2)cc1C. The third-order valence-electron chi connectivity index (χ3n) is 4.45. The van der Waals surface area contributed by atoms with Gasteiger partial charge in [0.1, 0.15) is 5.69 Å². The molecule has 0 aliphatic carbocycles. The fourth-order valence-electron chi connectivity index (χ4n) is 2.58. The lowest BCUT2D eigenvalue weighted by Gasteiger charge is -2.23. The molecule has 0 radical (unpaired) electrons. The highest BCUT2D eigenvalue weighted by Crippen LogP contribution is 2.14. The first kappa shape index (κ1) is 20.6. The number of carbonyl (C=O) groups excluding carboxylic acids is 2. The van der Waals surface area contributed by atoms with Crippen LogP contribution in [0.15, 0.2) is 36.8 Å². The number of amides is 2. The average molecular weight is 368 g/mol. The van der Waals surface area contributed by atoms with Crippen molar-refractivity contribution in [2.75, 3.05) is 18.4 Å². The molecule has 1 heterocycles. The molecule has 0 spiro atoms. The monoisotopic (exact) mass is 368 g/mol. The van der Waals surface area contributed by atoms with Crippen molar-refractivity contribution in [2.45, 2.75) is 40.5 Å². The molecule has 2 rings (SSSR count). The highest BCUT2D eigenvalue weighted by atomic mass is 16.2. The number of hydrogen-bond acceptors (Lipinski definition) is 4. The minimum Gasteiger partial charge on any atom is -0.337 e. The predicted molar refractivity (Wildman–Crippen MR) is 107 cm³/mol. The van der Waals surface area contributed by atoms with Crippen LogP contribution in [0.3, 0.4) is 0 Å². The lowest BCUT2D eigenvalue weighted by atomic mass is 10.1. The van der Waals surface area contributed by atoms with E-state index in [4.69, 9.17) is 0 Å². The molecule has 27 heavy (non-hydrogen) atoms. The molecule has 1 N–H and O–H groups in total. The summed E-state index contributed by atoms with van der Waals surface area (Å²) in [6.07, 6.45) is 5.59. The minimum absolute atomic E-state index is 0.111. The Morgan fingerprint density at radius 1 is 1.11 bits per heavy atom. The lowest BCUT2D eigenvalue weighted by Crippen LogP contribution is -2.35. The average Bonchev–Trinajstić information content (AvgIpc) is 2.65. The van der Waals surface area contributed by atoms with Gasteiger partial charge in [0.15, 0.2) is 0 Å². The van der Waals surface area contributed by atoms with Gasteiger partial charge in [-0.05, 0) is 49.4 Å².